The zero-order chi connectivity index (χ0) is 17.8. The third-order valence-electron chi connectivity index (χ3n) is 4.96. The minimum absolute atomic E-state index is 0.0576. The lowest BCUT2D eigenvalue weighted by atomic mass is 10.2. The van der Waals surface area contributed by atoms with E-state index in [1.165, 1.54) is 0 Å². The van der Waals surface area contributed by atoms with E-state index >= 15 is 0 Å². The van der Waals surface area contributed by atoms with Crippen molar-refractivity contribution in [3.63, 3.8) is 0 Å². The first-order valence-corrected chi connectivity index (χ1v) is 8.94. The molecule has 0 radical (unpaired) electrons. The number of amides is 1. The molecule has 1 N–H and O–H groups in total. The highest BCUT2D eigenvalue weighted by Gasteiger charge is 2.39. The molecule has 6 nitrogen and oxygen atoms in total. The number of carbonyl (C=O) groups is 2. The minimum atomic E-state index is -0.339. The summed E-state index contributed by atoms with van der Waals surface area (Å²) >= 11 is 0. The van der Waals surface area contributed by atoms with E-state index in [0.29, 0.717) is 23.8 Å². The summed E-state index contributed by atoms with van der Waals surface area (Å²) in [6.07, 6.45) is 0.956. The number of nitrogens with zero attached hydrogens (tertiary/aromatic N) is 1. The molecule has 136 valence electrons. The predicted molar refractivity (Wildman–Crippen MR) is 94.5 cm³/mol. The maximum atomic E-state index is 12.2. The Morgan fingerprint density at radius 3 is 2.52 bits per heavy atom. The largest absolute Gasteiger partial charge is 0.460 e. The van der Waals surface area contributed by atoms with Gasteiger partial charge in [0, 0.05) is 30.7 Å². The van der Waals surface area contributed by atoms with Crippen LogP contribution in [0.25, 0.3) is 0 Å². The predicted octanol–water partition coefficient (Wildman–Crippen LogP) is 2.16. The molecule has 1 aliphatic carbocycles. The van der Waals surface area contributed by atoms with Gasteiger partial charge in [0.15, 0.2) is 0 Å². The number of esters is 1. The number of hydrogen-bond donors (Lipinski definition) is 1. The lowest BCUT2D eigenvalue weighted by molar-refractivity contribution is -0.117. The fraction of sp³-hybridized carbons (Fsp3) is 0.579. The summed E-state index contributed by atoms with van der Waals surface area (Å²) in [5.41, 5.74) is 1.20. The van der Waals surface area contributed by atoms with E-state index in [-0.39, 0.29) is 23.8 Å². The van der Waals surface area contributed by atoms with E-state index in [9.17, 15) is 9.59 Å². The second-order valence-corrected chi connectivity index (χ2v) is 6.98. The molecule has 0 aromatic heterocycles. The Balaban J connectivity index is 1.46. The van der Waals surface area contributed by atoms with Gasteiger partial charge in [0.05, 0.1) is 18.8 Å². The van der Waals surface area contributed by atoms with E-state index in [4.69, 9.17) is 9.47 Å². The number of anilines is 1. The molecule has 2 fully saturated rings. The highest BCUT2D eigenvalue weighted by molar-refractivity contribution is 5.95. The van der Waals surface area contributed by atoms with Crippen LogP contribution in [-0.4, -0.2) is 55.7 Å². The van der Waals surface area contributed by atoms with Crippen molar-refractivity contribution in [2.75, 3.05) is 38.2 Å². The number of nitrogens with one attached hydrogen (secondary N) is 1. The third-order valence-corrected chi connectivity index (χ3v) is 4.96. The number of hydrogen-bond acceptors (Lipinski definition) is 5. The molecule has 0 bridgehead atoms. The van der Waals surface area contributed by atoms with Crippen molar-refractivity contribution < 1.29 is 19.1 Å². The minimum Gasteiger partial charge on any atom is -0.460 e. The van der Waals surface area contributed by atoms with Crippen molar-refractivity contribution in [1.29, 1.82) is 0 Å². The molecule has 3 atom stereocenters. The highest BCUT2D eigenvalue weighted by Crippen LogP contribution is 2.38. The number of rotatable bonds is 6. The first-order valence-electron chi connectivity index (χ1n) is 8.94. The molecule has 25 heavy (non-hydrogen) atoms. The van der Waals surface area contributed by atoms with Crippen LogP contribution in [0.2, 0.25) is 0 Å². The van der Waals surface area contributed by atoms with E-state index in [2.05, 4.69) is 24.1 Å². The summed E-state index contributed by atoms with van der Waals surface area (Å²) in [4.78, 5) is 26.3. The lowest BCUT2D eigenvalue weighted by Crippen LogP contribution is -2.44. The smallest absolute Gasteiger partial charge is 0.338 e. The van der Waals surface area contributed by atoms with Gasteiger partial charge in [0.1, 0.15) is 6.61 Å². The van der Waals surface area contributed by atoms with E-state index in [1.54, 1.807) is 24.3 Å². The van der Waals surface area contributed by atoms with E-state index in [0.717, 1.165) is 32.7 Å². The summed E-state index contributed by atoms with van der Waals surface area (Å²) in [5, 5.41) is 2.88. The average molecular weight is 346 g/mol. The van der Waals surface area contributed by atoms with Crippen LogP contribution in [0.5, 0.6) is 0 Å². The topological polar surface area (TPSA) is 67.9 Å². The molecule has 1 saturated heterocycles. The van der Waals surface area contributed by atoms with Gasteiger partial charge in [0.25, 0.3) is 0 Å². The molecule has 2 unspecified atom stereocenters. The van der Waals surface area contributed by atoms with Crippen LogP contribution in [0.3, 0.4) is 0 Å². The summed E-state index contributed by atoms with van der Waals surface area (Å²) in [6, 6.07) is 7.04. The van der Waals surface area contributed by atoms with Crippen LogP contribution in [0.1, 0.15) is 30.6 Å². The normalized spacial score (nSPS) is 24.4. The maximum Gasteiger partial charge on any atom is 0.338 e. The Labute approximate surface area is 148 Å². The first-order chi connectivity index (χ1) is 12.0. The summed E-state index contributed by atoms with van der Waals surface area (Å²) in [7, 11) is 0. The fourth-order valence-electron chi connectivity index (χ4n) is 3.02. The lowest BCUT2D eigenvalue weighted by Gasteiger charge is -2.31. The van der Waals surface area contributed by atoms with Crippen LogP contribution in [0.15, 0.2) is 24.3 Å². The van der Waals surface area contributed by atoms with Crippen LogP contribution in [0, 0.1) is 11.8 Å². The molecular weight excluding hydrogens is 320 g/mol. The molecule has 2 aliphatic rings. The SMILES string of the molecule is CC1CC1C(=O)Nc1ccc(C(=O)OC[C@H](C)N2CCOCC2)cc1. The molecule has 3 rings (SSSR count). The Bertz CT molecular complexity index is 610. The molecule has 6 heteroatoms. The molecule has 1 aromatic rings. The molecule has 1 heterocycles. The average Bonchev–Trinajstić information content (AvgIpc) is 3.37. The second-order valence-electron chi connectivity index (χ2n) is 6.98. The van der Waals surface area contributed by atoms with Crippen molar-refractivity contribution in [3.8, 4) is 0 Å². The first kappa shape index (κ1) is 17.9. The van der Waals surface area contributed by atoms with E-state index < -0.39 is 0 Å². The third kappa shape index (κ3) is 4.80. The summed E-state index contributed by atoms with van der Waals surface area (Å²) in [5.74, 6) is 0.324. The van der Waals surface area contributed by atoms with Crippen LogP contribution in [-0.2, 0) is 14.3 Å². The van der Waals surface area contributed by atoms with Gasteiger partial charge in [0.2, 0.25) is 5.91 Å². The quantitative estimate of drug-likeness (QED) is 0.800. The van der Waals surface area contributed by atoms with Gasteiger partial charge in [-0.1, -0.05) is 6.92 Å². The van der Waals surface area contributed by atoms with Crippen molar-refractivity contribution in [2.24, 2.45) is 11.8 Å². The Kier molecular flexibility index (Phi) is 5.71. The van der Waals surface area contributed by atoms with Crippen LogP contribution >= 0.6 is 0 Å². The van der Waals surface area contributed by atoms with Gasteiger partial charge in [-0.3, -0.25) is 9.69 Å². The molecule has 1 aromatic carbocycles. The number of benzene rings is 1. The molecule has 1 amide bonds. The van der Waals surface area contributed by atoms with Gasteiger partial charge in [-0.2, -0.15) is 0 Å². The molecular formula is C19H26N2O4. The molecule has 0 spiro atoms. The Morgan fingerprint density at radius 1 is 1.28 bits per heavy atom. The monoisotopic (exact) mass is 346 g/mol. The van der Waals surface area contributed by atoms with Crippen LogP contribution < -0.4 is 5.32 Å². The van der Waals surface area contributed by atoms with Crippen molar-refractivity contribution >= 4 is 17.6 Å². The standard InChI is InChI=1S/C19H26N2O4/c1-13-11-17(13)18(22)20-16-5-3-15(4-6-16)19(23)25-12-14(2)21-7-9-24-10-8-21/h3-6,13-14,17H,7-12H2,1-2H3,(H,20,22)/t13?,14-,17?/m0/s1. The van der Waals surface area contributed by atoms with Crippen molar-refractivity contribution in [1.82, 2.24) is 4.90 Å². The van der Waals surface area contributed by atoms with Crippen molar-refractivity contribution in [2.45, 2.75) is 26.3 Å². The van der Waals surface area contributed by atoms with Gasteiger partial charge in [-0.25, -0.2) is 4.79 Å². The number of ether oxygens (including phenoxy) is 2. The van der Waals surface area contributed by atoms with Crippen molar-refractivity contribution in [3.05, 3.63) is 29.8 Å². The van der Waals surface area contributed by atoms with Crippen LogP contribution in [0.4, 0.5) is 5.69 Å². The Morgan fingerprint density at radius 2 is 1.92 bits per heavy atom. The summed E-state index contributed by atoms with van der Waals surface area (Å²) in [6.45, 7) is 7.67. The van der Waals surface area contributed by atoms with Gasteiger partial charge >= 0.3 is 5.97 Å². The van der Waals surface area contributed by atoms with Gasteiger partial charge < -0.3 is 14.8 Å². The Hall–Kier alpha value is -1.92. The molecule has 1 aliphatic heterocycles. The maximum absolute atomic E-state index is 12.2. The second kappa shape index (κ2) is 7.97. The zero-order valence-corrected chi connectivity index (χ0v) is 14.9. The zero-order valence-electron chi connectivity index (χ0n) is 14.9. The number of carbonyl (C=O) groups excluding carboxylic acids is 2. The summed E-state index contributed by atoms with van der Waals surface area (Å²) < 4.78 is 10.7. The molecule has 1 saturated carbocycles. The highest BCUT2D eigenvalue weighted by atomic mass is 16.5. The van der Waals surface area contributed by atoms with Gasteiger partial charge in [-0.15, -0.1) is 0 Å². The number of morpholine rings is 1. The fourth-order valence-corrected chi connectivity index (χ4v) is 3.02. The van der Waals surface area contributed by atoms with E-state index in [1.807, 2.05) is 0 Å². The van der Waals surface area contributed by atoms with Gasteiger partial charge in [-0.05, 0) is 43.5 Å².